The summed E-state index contributed by atoms with van der Waals surface area (Å²) in [5, 5.41) is 0. The number of aromatic nitrogens is 2. The van der Waals surface area contributed by atoms with Crippen LogP contribution in [0.15, 0.2) is 12.4 Å². The van der Waals surface area contributed by atoms with Crippen LogP contribution >= 0.6 is 11.6 Å². The zero-order chi connectivity index (χ0) is 13.0. The third-order valence-corrected chi connectivity index (χ3v) is 4.00. The van der Waals surface area contributed by atoms with Crippen molar-refractivity contribution in [1.82, 2.24) is 14.9 Å². The Morgan fingerprint density at radius 3 is 2.72 bits per heavy atom. The fourth-order valence-corrected chi connectivity index (χ4v) is 2.57. The standard InChI is InChI=1S/C13H21ClN4/c1-3-18-6-4-12(5-7-18)17(2)13-10-15-9-11(8-14)16-13/h9-10,12H,3-8H2,1-2H3. The summed E-state index contributed by atoms with van der Waals surface area (Å²) in [4.78, 5) is 13.5. The maximum atomic E-state index is 5.80. The van der Waals surface area contributed by atoms with Gasteiger partial charge in [-0.1, -0.05) is 6.92 Å². The molecule has 0 aliphatic carbocycles. The van der Waals surface area contributed by atoms with Crippen LogP contribution in [0.25, 0.3) is 0 Å². The van der Waals surface area contributed by atoms with Gasteiger partial charge in [0, 0.05) is 32.4 Å². The van der Waals surface area contributed by atoms with E-state index in [0.717, 1.165) is 18.1 Å². The molecule has 1 saturated heterocycles. The summed E-state index contributed by atoms with van der Waals surface area (Å²) in [6.07, 6.45) is 5.93. The van der Waals surface area contributed by atoms with Gasteiger partial charge in [0.2, 0.25) is 0 Å². The lowest BCUT2D eigenvalue weighted by Gasteiger charge is -2.36. The van der Waals surface area contributed by atoms with E-state index < -0.39 is 0 Å². The summed E-state index contributed by atoms with van der Waals surface area (Å²) in [7, 11) is 2.11. The Morgan fingerprint density at radius 1 is 1.39 bits per heavy atom. The predicted octanol–water partition coefficient (Wildman–Crippen LogP) is 2.14. The van der Waals surface area contributed by atoms with Gasteiger partial charge >= 0.3 is 0 Å². The third kappa shape index (κ3) is 3.12. The maximum Gasteiger partial charge on any atom is 0.147 e. The van der Waals surface area contributed by atoms with Gasteiger partial charge in [0.25, 0.3) is 0 Å². The smallest absolute Gasteiger partial charge is 0.147 e. The van der Waals surface area contributed by atoms with Crippen LogP contribution in [0.5, 0.6) is 0 Å². The number of anilines is 1. The Labute approximate surface area is 114 Å². The molecule has 0 bridgehead atoms. The highest BCUT2D eigenvalue weighted by atomic mass is 35.5. The van der Waals surface area contributed by atoms with Crippen molar-refractivity contribution in [3.05, 3.63) is 18.1 Å². The summed E-state index contributed by atoms with van der Waals surface area (Å²) in [5.74, 6) is 1.35. The van der Waals surface area contributed by atoms with E-state index in [9.17, 15) is 0 Å². The lowest BCUT2D eigenvalue weighted by Crippen LogP contribution is -2.43. The molecule has 0 radical (unpaired) electrons. The molecule has 5 heteroatoms. The molecule has 1 fully saturated rings. The predicted molar refractivity (Wildman–Crippen MR) is 75.1 cm³/mol. The first-order valence-electron chi connectivity index (χ1n) is 6.56. The van der Waals surface area contributed by atoms with E-state index in [2.05, 4.69) is 33.7 Å². The van der Waals surface area contributed by atoms with E-state index in [1.165, 1.54) is 25.9 Å². The Bertz CT molecular complexity index is 377. The van der Waals surface area contributed by atoms with E-state index in [-0.39, 0.29) is 0 Å². The molecule has 1 aromatic rings. The Hall–Kier alpha value is -0.870. The highest BCUT2D eigenvalue weighted by Crippen LogP contribution is 2.20. The van der Waals surface area contributed by atoms with Gasteiger partial charge in [0.1, 0.15) is 5.82 Å². The van der Waals surface area contributed by atoms with Crippen LogP contribution in [0.4, 0.5) is 5.82 Å². The Balaban J connectivity index is 2.00. The molecule has 0 unspecified atom stereocenters. The topological polar surface area (TPSA) is 32.3 Å². The van der Waals surface area contributed by atoms with E-state index in [0.29, 0.717) is 11.9 Å². The zero-order valence-corrected chi connectivity index (χ0v) is 11.9. The van der Waals surface area contributed by atoms with Crippen LogP contribution in [0, 0.1) is 0 Å². The van der Waals surface area contributed by atoms with Crippen molar-refractivity contribution < 1.29 is 0 Å². The Morgan fingerprint density at radius 2 is 2.11 bits per heavy atom. The molecule has 0 spiro atoms. The molecule has 0 aromatic carbocycles. The molecule has 0 amide bonds. The number of hydrogen-bond acceptors (Lipinski definition) is 4. The van der Waals surface area contributed by atoms with E-state index >= 15 is 0 Å². The Kier molecular flexibility index (Phi) is 4.78. The van der Waals surface area contributed by atoms with Crippen molar-refractivity contribution in [2.24, 2.45) is 0 Å². The lowest BCUT2D eigenvalue weighted by molar-refractivity contribution is 0.220. The fraction of sp³-hybridized carbons (Fsp3) is 0.692. The second-order valence-electron chi connectivity index (χ2n) is 4.78. The van der Waals surface area contributed by atoms with Crippen molar-refractivity contribution in [2.75, 3.05) is 31.6 Å². The average Bonchev–Trinajstić information content (AvgIpc) is 2.46. The molecule has 1 aliphatic rings. The van der Waals surface area contributed by atoms with Gasteiger partial charge < -0.3 is 9.80 Å². The van der Waals surface area contributed by atoms with Crippen molar-refractivity contribution in [1.29, 1.82) is 0 Å². The van der Waals surface area contributed by atoms with Gasteiger partial charge in [-0.15, -0.1) is 11.6 Å². The molecular weight excluding hydrogens is 248 g/mol. The summed E-state index contributed by atoms with van der Waals surface area (Å²) < 4.78 is 0. The monoisotopic (exact) mass is 268 g/mol. The molecule has 0 atom stereocenters. The average molecular weight is 269 g/mol. The zero-order valence-electron chi connectivity index (χ0n) is 11.1. The second-order valence-corrected chi connectivity index (χ2v) is 5.05. The normalized spacial score (nSPS) is 17.9. The first-order valence-corrected chi connectivity index (χ1v) is 7.10. The number of likely N-dealkylation sites (tertiary alicyclic amines) is 1. The summed E-state index contributed by atoms with van der Waals surface area (Å²) >= 11 is 5.80. The first-order chi connectivity index (χ1) is 8.74. The van der Waals surface area contributed by atoms with Crippen LogP contribution < -0.4 is 4.90 Å². The molecule has 1 aromatic heterocycles. The lowest BCUT2D eigenvalue weighted by atomic mass is 10.0. The van der Waals surface area contributed by atoms with Crippen LogP contribution in [-0.4, -0.2) is 47.6 Å². The van der Waals surface area contributed by atoms with Crippen LogP contribution in [0.3, 0.4) is 0 Å². The number of nitrogens with zero attached hydrogens (tertiary/aromatic N) is 4. The molecule has 100 valence electrons. The highest BCUT2D eigenvalue weighted by molar-refractivity contribution is 6.16. The SMILES string of the molecule is CCN1CCC(N(C)c2cncc(CCl)n2)CC1. The quantitative estimate of drug-likeness (QED) is 0.783. The molecular formula is C13H21ClN4. The molecule has 2 heterocycles. The minimum absolute atomic E-state index is 0.420. The van der Waals surface area contributed by atoms with Crippen LogP contribution in [0.2, 0.25) is 0 Å². The molecule has 1 aliphatic heterocycles. The first kappa shape index (κ1) is 13.6. The second kappa shape index (κ2) is 6.34. The van der Waals surface area contributed by atoms with Gasteiger partial charge in [-0.2, -0.15) is 0 Å². The minimum atomic E-state index is 0.420. The van der Waals surface area contributed by atoms with Crippen molar-refractivity contribution in [3.8, 4) is 0 Å². The van der Waals surface area contributed by atoms with Gasteiger partial charge in [-0.05, 0) is 19.4 Å². The summed E-state index contributed by atoms with van der Waals surface area (Å²) in [6, 6.07) is 0.563. The number of alkyl halides is 1. The number of rotatable bonds is 4. The molecule has 4 nitrogen and oxygen atoms in total. The summed E-state index contributed by atoms with van der Waals surface area (Å²) in [5.41, 5.74) is 0.840. The van der Waals surface area contributed by atoms with Crippen molar-refractivity contribution in [2.45, 2.75) is 31.7 Å². The number of halogens is 1. The maximum absolute atomic E-state index is 5.80. The number of hydrogen-bond donors (Lipinski definition) is 0. The van der Waals surface area contributed by atoms with Gasteiger partial charge in [0.05, 0.1) is 17.8 Å². The van der Waals surface area contributed by atoms with Crippen LogP contribution in [-0.2, 0) is 5.88 Å². The van der Waals surface area contributed by atoms with Gasteiger partial charge in [-0.25, -0.2) is 4.98 Å². The summed E-state index contributed by atoms with van der Waals surface area (Å²) in [6.45, 7) is 5.72. The largest absolute Gasteiger partial charge is 0.355 e. The molecule has 0 N–H and O–H groups in total. The van der Waals surface area contributed by atoms with Crippen molar-refractivity contribution in [3.63, 3.8) is 0 Å². The highest BCUT2D eigenvalue weighted by Gasteiger charge is 2.22. The van der Waals surface area contributed by atoms with E-state index in [1.807, 2.05) is 6.20 Å². The number of piperidine rings is 1. The van der Waals surface area contributed by atoms with E-state index in [1.54, 1.807) is 6.20 Å². The minimum Gasteiger partial charge on any atom is -0.355 e. The van der Waals surface area contributed by atoms with Crippen LogP contribution in [0.1, 0.15) is 25.5 Å². The fourth-order valence-electron chi connectivity index (χ4n) is 2.44. The van der Waals surface area contributed by atoms with Gasteiger partial charge in [0.15, 0.2) is 0 Å². The van der Waals surface area contributed by atoms with Gasteiger partial charge in [-0.3, -0.25) is 4.98 Å². The molecule has 18 heavy (non-hydrogen) atoms. The van der Waals surface area contributed by atoms with Crippen molar-refractivity contribution >= 4 is 17.4 Å². The molecule has 2 rings (SSSR count). The van der Waals surface area contributed by atoms with E-state index in [4.69, 9.17) is 11.6 Å². The molecule has 0 saturated carbocycles. The third-order valence-electron chi connectivity index (χ3n) is 3.72.